The molecule has 0 atom stereocenters. The van der Waals surface area contributed by atoms with Crippen LogP contribution >= 0.6 is 9.06 Å². The third kappa shape index (κ3) is 4.16. The number of hydrogen-bond donors (Lipinski definition) is 0. The van der Waals surface area contributed by atoms with Gasteiger partial charge in [-0.15, -0.1) is 13.2 Å². The summed E-state index contributed by atoms with van der Waals surface area (Å²) in [6.45, 7) is 0. The highest BCUT2D eigenvalue weighted by Crippen LogP contribution is 2.76. The first-order chi connectivity index (χ1) is 18.7. The Balaban J connectivity index is 1.93. The average Bonchev–Trinajstić information content (AvgIpc) is 2.92. The summed E-state index contributed by atoms with van der Waals surface area (Å²) in [7, 11) is -9.21. The van der Waals surface area contributed by atoms with Crippen molar-refractivity contribution in [1.82, 2.24) is 0 Å². The molecule has 0 aliphatic carbocycles. The Morgan fingerprint density at radius 2 is 0.769 bits per heavy atom. The van der Waals surface area contributed by atoms with Crippen LogP contribution in [0.3, 0.4) is 0 Å². The summed E-state index contributed by atoms with van der Waals surface area (Å²) in [5.41, 5.74) is 0. The Labute approximate surface area is 224 Å². The molecule has 0 saturated carbocycles. The van der Waals surface area contributed by atoms with E-state index in [0.29, 0.717) is 32.3 Å². The summed E-state index contributed by atoms with van der Waals surface area (Å²) < 4.78 is 75.1. The maximum Gasteiger partial charge on any atom is 0.537 e. The van der Waals surface area contributed by atoms with E-state index in [9.17, 15) is 21.6 Å². The molecule has 39 heavy (non-hydrogen) atoms. The van der Waals surface area contributed by atoms with Crippen LogP contribution in [0.1, 0.15) is 0 Å². The molecule has 0 unspecified atom stereocenters. The fourth-order valence-corrected chi connectivity index (χ4v) is 13.0. The summed E-state index contributed by atoms with van der Waals surface area (Å²) in [6.07, 6.45) is -5.43. The van der Waals surface area contributed by atoms with Crippen molar-refractivity contribution in [2.45, 2.75) is 21.0 Å². The van der Waals surface area contributed by atoms with Crippen LogP contribution in [0.25, 0.3) is 32.3 Å². The molecular formula is C31H21F3O3S2. The molecular weight excluding hydrogens is 541 g/mol. The van der Waals surface area contributed by atoms with Crippen molar-refractivity contribution in [2.75, 3.05) is 0 Å². The van der Waals surface area contributed by atoms with Gasteiger partial charge >= 0.3 is 15.5 Å². The van der Waals surface area contributed by atoms with Crippen LogP contribution in [0.2, 0.25) is 0 Å². The SMILES string of the molecule is O=S(=O)(OC(F)(F)F)S(c1cccc2ccccc12)(c1cccc2ccccc12)c1cccc2ccccc12. The molecule has 6 rings (SSSR count). The van der Waals surface area contributed by atoms with E-state index in [4.69, 9.17) is 0 Å². The van der Waals surface area contributed by atoms with Gasteiger partial charge in [0.2, 0.25) is 0 Å². The largest absolute Gasteiger partial charge is 0.537 e. The Morgan fingerprint density at radius 1 is 0.462 bits per heavy atom. The Kier molecular flexibility index (Phi) is 6.14. The second kappa shape index (κ2) is 9.41. The molecule has 0 amide bonds. The van der Waals surface area contributed by atoms with E-state index < -0.39 is 24.6 Å². The molecule has 0 aliphatic heterocycles. The number of hydrogen-bond acceptors (Lipinski definition) is 3. The van der Waals surface area contributed by atoms with Gasteiger partial charge in [0.15, 0.2) is 0 Å². The molecule has 8 heteroatoms. The van der Waals surface area contributed by atoms with Gasteiger partial charge in [0, 0.05) is 14.7 Å². The Bertz CT molecular complexity index is 1760. The van der Waals surface area contributed by atoms with Crippen molar-refractivity contribution in [2.24, 2.45) is 0 Å². The fourth-order valence-electron chi connectivity index (χ4n) is 5.19. The zero-order valence-electron chi connectivity index (χ0n) is 20.3. The zero-order chi connectivity index (χ0) is 27.3. The molecule has 3 nitrogen and oxygen atoms in total. The van der Waals surface area contributed by atoms with Crippen LogP contribution in [-0.4, -0.2) is 14.8 Å². The highest BCUT2D eigenvalue weighted by atomic mass is 33.2. The van der Waals surface area contributed by atoms with Gasteiger partial charge in [0.1, 0.15) is 0 Å². The van der Waals surface area contributed by atoms with Crippen LogP contribution in [0.5, 0.6) is 0 Å². The Hall–Kier alpha value is -3.85. The van der Waals surface area contributed by atoms with Crippen molar-refractivity contribution < 1.29 is 25.8 Å². The van der Waals surface area contributed by atoms with Crippen molar-refractivity contribution in [3.8, 4) is 0 Å². The summed E-state index contributed by atoms with van der Waals surface area (Å²) >= 11 is 0. The van der Waals surface area contributed by atoms with Gasteiger partial charge in [0.05, 0.1) is 0 Å². The minimum atomic E-state index is -5.43. The zero-order valence-corrected chi connectivity index (χ0v) is 21.9. The van der Waals surface area contributed by atoms with Gasteiger partial charge in [0.25, 0.3) is 0 Å². The molecule has 0 fully saturated rings. The normalized spacial score (nSPS) is 13.2. The van der Waals surface area contributed by atoms with E-state index in [-0.39, 0.29) is 14.7 Å². The highest BCUT2D eigenvalue weighted by Gasteiger charge is 2.52. The third-order valence-electron chi connectivity index (χ3n) is 6.68. The average molecular weight is 563 g/mol. The summed E-state index contributed by atoms with van der Waals surface area (Å²) in [5.74, 6) is 0. The lowest BCUT2D eigenvalue weighted by molar-refractivity contribution is -0.270. The number of benzene rings is 6. The van der Waals surface area contributed by atoms with E-state index in [1.54, 1.807) is 91.0 Å². The molecule has 6 aromatic carbocycles. The number of fused-ring (bicyclic) bond motifs is 3. The Morgan fingerprint density at radius 3 is 1.10 bits per heavy atom. The summed E-state index contributed by atoms with van der Waals surface area (Å²) in [5, 5.41) is 3.71. The summed E-state index contributed by atoms with van der Waals surface area (Å²) in [4.78, 5) is 0.743. The van der Waals surface area contributed by atoms with E-state index in [2.05, 4.69) is 4.18 Å². The van der Waals surface area contributed by atoms with Crippen LogP contribution in [0, 0.1) is 0 Å². The van der Waals surface area contributed by atoms with Crippen molar-refractivity contribution in [3.05, 3.63) is 127 Å². The van der Waals surface area contributed by atoms with Crippen molar-refractivity contribution >= 4 is 50.5 Å². The lowest BCUT2D eigenvalue weighted by Crippen LogP contribution is -2.25. The smallest absolute Gasteiger partial charge is 0.188 e. The topological polar surface area (TPSA) is 43.4 Å². The molecule has 0 heterocycles. The van der Waals surface area contributed by atoms with Gasteiger partial charge < -0.3 is 0 Å². The van der Waals surface area contributed by atoms with Gasteiger partial charge in [-0.1, -0.05) is 109 Å². The van der Waals surface area contributed by atoms with E-state index >= 15 is 0 Å². The first-order valence-corrected chi connectivity index (χ1v) is 15.6. The van der Waals surface area contributed by atoms with Crippen LogP contribution < -0.4 is 0 Å². The van der Waals surface area contributed by atoms with Crippen LogP contribution in [0.4, 0.5) is 13.2 Å². The predicted octanol–water partition coefficient (Wildman–Crippen LogP) is 9.21. The molecule has 0 spiro atoms. The number of rotatable bonds is 5. The van der Waals surface area contributed by atoms with Gasteiger partial charge in [-0.05, 0) is 59.6 Å². The molecule has 0 N–H and O–H groups in total. The first-order valence-electron chi connectivity index (χ1n) is 12.0. The van der Waals surface area contributed by atoms with Gasteiger partial charge in [-0.25, -0.2) is 0 Å². The van der Waals surface area contributed by atoms with Gasteiger partial charge in [-0.2, -0.15) is 12.6 Å². The monoisotopic (exact) mass is 562 g/mol. The molecule has 0 saturated heterocycles. The predicted molar refractivity (Wildman–Crippen MR) is 150 cm³/mol. The van der Waals surface area contributed by atoms with Gasteiger partial charge in [-0.3, -0.25) is 0 Å². The second-order valence-corrected chi connectivity index (χ2v) is 15.1. The van der Waals surface area contributed by atoms with E-state index in [1.165, 1.54) is 0 Å². The highest BCUT2D eigenvalue weighted by molar-refractivity contribution is 8.89. The van der Waals surface area contributed by atoms with E-state index in [0.717, 1.165) is 0 Å². The molecule has 0 aliphatic rings. The minimum absolute atomic E-state index is 0.248. The molecule has 0 radical (unpaired) electrons. The number of halogens is 3. The maximum absolute atomic E-state index is 14.5. The fraction of sp³-hybridized carbons (Fsp3) is 0.0323. The summed E-state index contributed by atoms with van der Waals surface area (Å²) in [6, 6.07) is 36.6. The lowest BCUT2D eigenvalue weighted by Gasteiger charge is -2.41. The maximum atomic E-state index is 14.5. The first kappa shape index (κ1) is 25.4. The van der Waals surface area contributed by atoms with Crippen LogP contribution in [-0.2, 0) is 13.3 Å². The molecule has 0 bridgehead atoms. The lowest BCUT2D eigenvalue weighted by atomic mass is 10.1. The standard InChI is InChI=1S/C31H21F3O3S2/c32-31(33,34)37-39(35,36)38(28-19-7-13-22-10-1-4-16-25(22)28,29-20-8-14-23-11-2-5-17-26(23)29)30-21-9-15-24-12-3-6-18-27(24)30/h1-21H. The third-order valence-corrected chi connectivity index (χ3v) is 14.3. The second-order valence-electron chi connectivity index (χ2n) is 8.93. The van der Waals surface area contributed by atoms with Crippen molar-refractivity contribution in [1.29, 1.82) is 0 Å². The quantitative estimate of drug-likeness (QED) is 0.197. The molecule has 6 aromatic rings. The van der Waals surface area contributed by atoms with E-state index in [1.807, 2.05) is 36.4 Å². The minimum Gasteiger partial charge on any atom is -0.188 e. The molecule has 196 valence electrons. The molecule has 0 aromatic heterocycles. The number of alkyl halides is 3. The van der Waals surface area contributed by atoms with Crippen molar-refractivity contribution in [3.63, 3.8) is 0 Å². The van der Waals surface area contributed by atoms with Crippen LogP contribution in [0.15, 0.2) is 142 Å².